The van der Waals surface area contributed by atoms with Gasteiger partial charge >= 0.3 is 0 Å². The van der Waals surface area contributed by atoms with E-state index >= 15 is 0 Å². The summed E-state index contributed by atoms with van der Waals surface area (Å²) in [5.74, 6) is 1.06. The Morgan fingerprint density at radius 3 is 2.32 bits per heavy atom. The maximum Gasteiger partial charge on any atom is 0.223 e. The summed E-state index contributed by atoms with van der Waals surface area (Å²) in [5.41, 5.74) is 0.0962. The molecule has 1 heterocycles. The molecule has 112 valence electrons. The number of hydrogen-bond acceptors (Lipinski definition) is 3. The highest BCUT2D eigenvalue weighted by Gasteiger charge is 2.22. The Labute approximate surface area is 118 Å². The van der Waals surface area contributed by atoms with Crippen molar-refractivity contribution in [3.8, 4) is 0 Å². The van der Waals surface area contributed by atoms with Crippen molar-refractivity contribution in [3.05, 3.63) is 0 Å². The molecule has 0 aromatic carbocycles. The standard InChI is InChI=1S/C15H31N3O/c1-15(2,3)16-9-6-14(19)18-10-7-13(8-11-18)12-17(4)5/h13,16H,6-12H2,1-5H3. The van der Waals surface area contributed by atoms with E-state index in [0.29, 0.717) is 12.3 Å². The molecular weight excluding hydrogens is 238 g/mol. The van der Waals surface area contributed by atoms with Gasteiger partial charge in [0.1, 0.15) is 0 Å². The number of rotatable bonds is 5. The number of hydrogen-bond donors (Lipinski definition) is 1. The van der Waals surface area contributed by atoms with Crippen LogP contribution in [0.5, 0.6) is 0 Å². The fraction of sp³-hybridized carbons (Fsp3) is 0.933. The lowest BCUT2D eigenvalue weighted by Gasteiger charge is -2.33. The van der Waals surface area contributed by atoms with Gasteiger partial charge in [0.05, 0.1) is 0 Å². The Kier molecular flexibility index (Phi) is 6.27. The highest BCUT2D eigenvalue weighted by Crippen LogP contribution is 2.18. The molecule has 1 aliphatic rings. The molecule has 1 N–H and O–H groups in total. The largest absolute Gasteiger partial charge is 0.343 e. The van der Waals surface area contributed by atoms with Gasteiger partial charge in [-0.05, 0) is 53.6 Å². The fourth-order valence-corrected chi connectivity index (χ4v) is 2.58. The predicted molar refractivity (Wildman–Crippen MR) is 80.2 cm³/mol. The smallest absolute Gasteiger partial charge is 0.223 e. The SMILES string of the molecule is CN(C)CC1CCN(C(=O)CCNC(C)(C)C)CC1. The Bertz CT molecular complexity index is 276. The van der Waals surface area contributed by atoms with Crippen molar-refractivity contribution < 1.29 is 4.79 Å². The molecule has 19 heavy (non-hydrogen) atoms. The average Bonchev–Trinajstić information content (AvgIpc) is 2.27. The number of likely N-dealkylation sites (tertiary alicyclic amines) is 1. The molecule has 0 aromatic rings. The van der Waals surface area contributed by atoms with E-state index in [2.05, 4.69) is 45.1 Å². The first-order chi connectivity index (χ1) is 8.78. The van der Waals surface area contributed by atoms with Crippen molar-refractivity contribution >= 4 is 5.91 Å². The summed E-state index contributed by atoms with van der Waals surface area (Å²) in [6, 6.07) is 0. The molecule has 0 spiro atoms. The normalized spacial score (nSPS) is 18.1. The number of nitrogens with one attached hydrogen (secondary N) is 1. The molecular formula is C15H31N3O. The van der Waals surface area contributed by atoms with Gasteiger partial charge in [0.15, 0.2) is 0 Å². The van der Waals surface area contributed by atoms with E-state index in [1.807, 2.05) is 4.90 Å². The zero-order chi connectivity index (χ0) is 14.5. The minimum absolute atomic E-state index is 0.0962. The molecule has 1 amide bonds. The van der Waals surface area contributed by atoms with Crippen LogP contribution in [0.2, 0.25) is 0 Å². The van der Waals surface area contributed by atoms with Crippen LogP contribution in [0.1, 0.15) is 40.0 Å². The zero-order valence-electron chi connectivity index (χ0n) is 13.3. The van der Waals surface area contributed by atoms with Gasteiger partial charge in [-0.1, -0.05) is 0 Å². The molecule has 0 aliphatic carbocycles. The minimum atomic E-state index is 0.0962. The van der Waals surface area contributed by atoms with Crippen LogP contribution in [0, 0.1) is 5.92 Å². The minimum Gasteiger partial charge on any atom is -0.343 e. The summed E-state index contributed by atoms with van der Waals surface area (Å²) >= 11 is 0. The maximum atomic E-state index is 12.1. The van der Waals surface area contributed by atoms with Gasteiger partial charge in [0, 0.05) is 38.1 Å². The van der Waals surface area contributed by atoms with Crippen molar-refractivity contribution in [2.75, 3.05) is 40.3 Å². The number of amides is 1. The summed E-state index contributed by atoms with van der Waals surface area (Å²) in [6.45, 7) is 10.2. The number of piperidine rings is 1. The summed E-state index contributed by atoms with van der Waals surface area (Å²) in [7, 11) is 4.24. The third-order valence-electron chi connectivity index (χ3n) is 3.58. The van der Waals surface area contributed by atoms with Crippen molar-refractivity contribution in [2.24, 2.45) is 5.92 Å². The van der Waals surface area contributed by atoms with Gasteiger partial charge in [-0.15, -0.1) is 0 Å². The molecule has 1 rings (SSSR count). The summed E-state index contributed by atoms with van der Waals surface area (Å²) in [6.07, 6.45) is 2.92. The Morgan fingerprint density at radius 2 is 1.84 bits per heavy atom. The maximum absolute atomic E-state index is 12.1. The van der Waals surface area contributed by atoms with E-state index in [1.165, 1.54) is 0 Å². The monoisotopic (exact) mass is 269 g/mol. The van der Waals surface area contributed by atoms with Gasteiger partial charge < -0.3 is 15.1 Å². The average molecular weight is 269 g/mol. The van der Waals surface area contributed by atoms with Crippen molar-refractivity contribution in [1.29, 1.82) is 0 Å². The lowest BCUT2D eigenvalue weighted by Crippen LogP contribution is -2.43. The van der Waals surface area contributed by atoms with Gasteiger partial charge in [0.25, 0.3) is 0 Å². The Morgan fingerprint density at radius 1 is 1.26 bits per heavy atom. The summed E-state index contributed by atoms with van der Waals surface area (Å²) in [4.78, 5) is 16.4. The Balaban J connectivity index is 2.22. The summed E-state index contributed by atoms with van der Waals surface area (Å²) < 4.78 is 0. The van der Waals surface area contributed by atoms with Crippen LogP contribution >= 0.6 is 0 Å². The first kappa shape index (κ1) is 16.4. The molecule has 0 unspecified atom stereocenters. The van der Waals surface area contributed by atoms with Crippen molar-refractivity contribution in [2.45, 2.75) is 45.6 Å². The molecule has 4 heteroatoms. The van der Waals surface area contributed by atoms with E-state index in [1.54, 1.807) is 0 Å². The second-order valence-electron chi connectivity index (χ2n) is 7.01. The van der Waals surface area contributed by atoms with Crippen LogP contribution in [-0.4, -0.2) is 61.5 Å². The van der Waals surface area contributed by atoms with Crippen LogP contribution in [0.15, 0.2) is 0 Å². The Hall–Kier alpha value is -0.610. The second kappa shape index (κ2) is 7.25. The van der Waals surface area contributed by atoms with Crippen LogP contribution in [0.4, 0.5) is 0 Å². The molecule has 0 saturated carbocycles. The zero-order valence-corrected chi connectivity index (χ0v) is 13.3. The first-order valence-electron chi connectivity index (χ1n) is 7.45. The van der Waals surface area contributed by atoms with Gasteiger partial charge in [-0.2, -0.15) is 0 Å². The van der Waals surface area contributed by atoms with Crippen molar-refractivity contribution in [3.63, 3.8) is 0 Å². The lowest BCUT2D eigenvalue weighted by molar-refractivity contribution is -0.132. The fourth-order valence-electron chi connectivity index (χ4n) is 2.58. The van der Waals surface area contributed by atoms with Crippen LogP contribution in [0.25, 0.3) is 0 Å². The number of carbonyl (C=O) groups excluding carboxylic acids is 1. The van der Waals surface area contributed by atoms with E-state index < -0.39 is 0 Å². The molecule has 4 nitrogen and oxygen atoms in total. The first-order valence-corrected chi connectivity index (χ1v) is 7.45. The highest BCUT2D eigenvalue weighted by molar-refractivity contribution is 5.76. The van der Waals surface area contributed by atoms with Crippen molar-refractivity contribution in [1.82, 2.24) is 15.1 Å². The van der Waals surface area contributed by atoms with Gasteiger partial charge in [0.2, 0.25) is 5.91 Å². The summed E-state index contributed by atoms with van der Waals surface area (Å²) in [5, 5.41) is 3.37. The number of nitrogens with zero attached hydrogens (tertiary/aromatic N) is 2. The van der Waals surface area contributed by atoms with Crippen LogP contribution in [0.3, 0.4) is 0 Å². The van der Waals surface area contributed by atoms with Gasteiger partial charge in [-0.3, -0.25) is 4.79 Å². The van der Waals surface area contributed by atoms with Crippen LogP contribution in [-0.2, 0) is 4.79 Å². The molecule has 1 aliphatic heterocycles. The third kappa shape index (κ3) is 6.92. The topological polar surface area (TPSA) is 35.6 Å². The van der Waals surface area contributed by atoms with Crippen LogP contribution < -0.4 is 5.32 Å². The second-order valence-corrected chi connectivity index (χ2v) is 7.01. The number of carbonyl (C=O) groups is 1. The molecule has 1 saturated heterocycles. The highest BCUT2D eigenvalue weighted by atomic mass is 16.2. The molecule has 0 aromatic heterocycles. The molecule has 0 atom stereocenters. The van der Waals surface area contributed by atoms with E-state index in [0.717, 1.165) is 44.9 Å². The third-order valence-corrected chi connectivity index (χ3v) is 3.58. The molecule has 0 bridgehead atoms. The van der Waals surface area contributed by atoms with E-state index in [4.69, 9.17) is 0 Å². The lowest BCUT2D eigenvalue weighted by atomic mass is 9.96. The van der Waals surface area contributed by atoms with E-state index in [-0.39, 0.29) is 5.54 Å². The molecule has 1 fully saturated rings. The van der Waals surface area contributed by atoms with Gasteiger partial charge in [-0.25, -0.2) is 0 Å². The van der Waals surface area contributed by atoms with E-state index in [9.17, 15) is 4.79 Å². The predicted octanol–water partition coefficient (Wildman–Crippen LogP) is 1.56. The quantitative estimate of drug-likeness (QED) is 0.823. The molecule has 0 radical (unpaired) electrons.